The molecule has 0 aliphatic rings. The SMILES string of the molecule is CCOC(=O)c1c(C(C)=O)c(C)n(N(CC(=O)c2ccccc2)C(C(=O)OCC)/C(C)=N/NC(N)=O)c1C. The predicted molar refractivity (Wildman–Crippen MR) is 140 cm³/mol. The van der Waals surface area contributed by atoms with Gasteiger partial charge in [-0.15, -0.1) is 0 Å². The number of benzene rings is 1. The number of amides is 2. The average Bonchev–Trinajstić information content (AvgIpc) is 3.13. The molecular weight excluding hydrogens is 494 g/mol. The van der Waals surface area contributed by atoms with Crippen molar-refractivity contribution < 1.29 is 33.4 Å². The standard InChI is InChI=1S/C26H33N5O7/c1-7-37-24(34)22-17(5)31(16(4)21(22)18(6)32)30(14-20(33)19-12-10-9-11-13-19)23(25(35)38-8-2)15(3)28-29-26(27)36/h9-13,23H,7-8,14H2,1-6H3,(H3,27,29,36)/b28-15+. The Morgan fingerprint density at radius 2 is 1.55 bits per heavy atom. The van der Waals surface area contributed by atoms with Crippen LogP contribution in [0.15, 0.2) is 35.4 Å². The van der Waals surface area contributed by atoms with Crippen molar-refractivity contribution in [3.63, 3.8) is 0 Å². The third kappa shape index (κ3) is 6.64. The number of esters is 2. The minimum atomic E-state index is -1.35. The van der Waals surface area contributed by atoms with E-state index in [0.29, 0.717) is 11.3 Å². The van der Waals surface area contributed by atoms with Gasteiger partial charge < -0.3 is 15.2 Å². The molecule has 0 fully saturated rings. The normalized spacial score (nSPS) is 11.9. The molecule has 1 aromatic carbocycles. The quantitative estimate of drug-likeness (QED) is 0.184. The van der Waals surface area contributed by atoms with Gasteiger partial charge in [0.25, 0.3) is 0 Å². The van der Waals surface area contributed by atoms with E-state index in [9.17, 15) is 24.0 Å². The van der Waals surface area contributed by atoms with E-state index in [4.69, 9.17) is 15.2 Å². The van der Waals surface area contributed by atoms with Crippen molar-refractivity contribution >= 4 is 35.2 Å². The molecule has 38 heavy (non-hydrogen) atoms. The number of hydrazone groups is 1. The number of nitrogens with two attached hydrogens (primary N) is 1. The maximum absolute atomic E-state index is 13.4. The number of hydrogen-bond donors (Lipinski definition) is 2. The molecule has 204 valence electrons. The molecule has 1 heterocycles. The van der Waals surface area contributed by atoms with E-state index in [1.165, 1.54) is 23.5 Å². The largest absolute Gasteiger partial charge is 0.464 e. The lowest BCUT2D eigenvalue weighted by Gasteiger charge is -2.34. The first-order valence-corrected chi connectivity index (χ1v) is 12.0. The summed E-state index contributed by atoms with van der Waals surface area (Å²) in [5.74, 6) is -2.28. The molecule has 0 saturated heterocycles. The summed E-state index contributed by atoms with van der Waals surface area (Å²) >= 11 is 0. The molecule has 0 saturated carbocycles. The third-order valence-corrected chi connectivity index (χ3v) is 5.64. The first-order valence-electron chi connectivity index (χ1n) is 12.0. The van der Waals surface area contributed by atoms with Crippen LogP contribution in [0.25, 0.3) is 0 Å². The summed E-state index contributed by atoms with van der Waals surface area (Å²) in [6.45, 7) is 8.87. The molecule has 0 aliphatic heterocycles. The predicted octanol–water partition coefficient (Wildman–Crippen LogP) is 2.28. The summed E-state index contributed by atoms with van der Waals surface area (Å²) in [6, 6.07) is 6.08. The van der Waals surface area contributed by atoms with Crippen molar-refractivity contribution in [2.75, 3.05) is 24.8 Å². The monoisotopic (exact) mass is 527 g/mol. The van der Waals surface area contributed by atoms with E-state index in [1.54, 1.807) is 58.0 Å². The van der Waals surface area contributed by atoms with Gasteiger partial charge in [-0.3, -0.25) is 19.3 Å². The Morgan fingerprint density at radius 3 is 2.08 bits per heavy atom. The van der Waals surface area contributed by atoms with Gasteiger partial charge in [0.1, 0.15) is 0 Å². The van der Waals surface area contributed by atoms with Crippen LogP contribution in [-0.4, -0.2) is 65.7 Å². The topological polar surface area (TPSA) is 162 Å². The lowest BCUT2D eigenvalue weighted by molar-refractivity contribution is -0.143. The van der Waals surface area contributed by atoms with Gasteiger partial charge in [-0.2, -0.15) is 5.10 Å². The van der Waals surface area contributed by atoms with Gasteiger partial charge in [0.05, 0.1) is 42.3 Å². The smallest absolute Gasteiger partial charge is 0.340 e. The molecule has 0 aliphatic carbocycles. The fourth-order valence-electron chi connectivity index (χ4n) is 4.17. The van der Waals surface area contributed by atoms with E-state index in [2.05, 4.69) is 10.5 Å². The summed E-state index contributed by atoms with van der Waals surface area (Å²) in [7, 11) is 0. The van der Waals surface area contributed by atoms with Gasteiger partial charge in [-0.05, 0) is 41.5 Å². The summed E-state index contributed by atoms with van der Waals surface area (Å²) in [5.41, 5.74) is 8.30. The molecule has 1 aromatic heterocycles. The Hall–Kier alpha value is -4.48. The van der Waals surface area contributed by atoms with E-state index >= 15 is 0 Å². The van der Waals surface area contributed by atoms with Gasteiger partial charge in [0.2, 0.25) is 0 Å². The highest BCUT2D eigenvalue weighted by Crippen LogP contribution is 2.26. The number of urea groups is 1. The van der Waals surface area contributed by atoms with E-state index in [1.807, 2.05) is 0 Å². The zero-order valence-corrected chi connectivity index (χ0v) is 22.4. The van der Waals surface area contributed by atoms with Crippen LogP contribution in [0.2, 0.25) is 0 Å². The van der Waals surface area contributed by atoms with Crippen molar-refractivity contribution in [1.29, 1.82) is 0 Å². The highest BCUT2D eigenvalue weighted by molar-refractivity contribution is 6.10. The van der Waals surface area contributed by atoms with E-state index in [-0.39, 0.29) is 48.1 Å². The lowest BCUT2D eigenvalue weighted by atomic mass is 10.1. The summed E-state index contributed by atoms with van der Waals surface area (Å²) in [6.07, 6.45) is 0. The number of carbonyl (C=O) groups is 5. The molecule has 0 spiro atoms. The van der Waals surface area contributed by atoms with Crippen LogP contribution in [-0.2, 0) is 14.3 Å². The second-order valence-corrected chi connectivity index (χ2v) is 8.28. The Morgan fingerprint density at radius 1 is 0.974 bits per heavy atom. The zero-order chi connectivity index (χ0) is 28.6. The van der Waals surface area contributed by atoms with Gasteiger partial charge in [0.15, 0.2) is 17.6 Å². The molecule has 1 unspecified atom stereocenters. The number of Topliss-reactive ketones (excluding diaryl/α,β-unsaturated/α-hetero) is 2. The Bertz CT molecular complexity index is 1250. The first kappa shape index (κ1) is 29.7. The Balaban J connectivity index is 2.86. The van der Waals surface area contributed by atoms with Gasteiger partial charge in [-0.25, -0.2) is 19.8 Å². The molecule has 12 heteroatoms. The fourth-order valence-corrected chi connectivity index (χ4v) is 4.17. The van der Waals surface area contributed by atoms with Crippen molar-refractivity contribution in [2.45, 2.75) is 47.6 Å². The molecule has 2 aromatic rings. The second kappa shape index (κ2) is 13.2. The second-order valence-electron chi connectivity index (χ2n) is 8.28. The summed E-state index contributed by atoms with van der Waals surface area (Å²) < 4.78 is 11.9. The van der Waals surface area contributed by atoms with Crippen LogP contribution in [0, 0.1) is 13.8 Å². The zero-order valence-electron chi connectivity index (χ0n) is 22.4. The van der Waals surface area contributed by atoms with Crippen molar-refractivity contribution in [3.05, 3.63) is 58.4 Å². The Kier molecular flexibility index (Phi) is 10.3. The summed E-state index contributed by atoms with van der Waals surface area (Å²) in [5, 5.41) is 5.25. The molecule has 3 N–H and O–H groups in total. The number of hydrogen-bond acceptors (Lipinski definition) is 9. The summed E-state index contributed by atoms with van der Waals surface area (Å²) in [4.78, 5) is 63.5. The first-order chi connectivity index (χ1) is 18.0. The molecule has 0 bridgehead atoms. The van der Waals surface area contributed by atoms with Crippen LogP contribution in [0.1, 0.15) is 70.2 Å². The molecule has 1 atom stereocenters. The number of nitrogens with zero attached hydrogens (tertiary/aromatic N) is 3. The number of rotatable bonds is 12. The van der Waals surface area contributed by atoms with Crippen LogP contribution in [0.4, 0.5) is 4.79 Å². The molecule has 12 nitrogen and oxygen atoms in total. The maximum atomic E-state index is 13.4. The van der Waals surface area contributed by atoms with Crippen LogP contribution in [0.3, 0.4) is 0 Å². The molecule has 0 radical (unpaired) electrons. The highest BCUT2D eigenvalue weighted by atomic mass is 16.5. The van der Waals surface area contributed by atoms with Gasteiger partial charge in [-0.1, -0.05) is 30.3 Å². The number of ketones is 2. The number of carbonyl (C=O) groups excluding carboxylic acids is 5. The van der Waals surface area contributed by atoms with Crippen molar-refractivity contribution in [2.24, 2.45) is 10.8 Å². The number of ether oxygens (including phenoxy) is 2. The van der Waals surface area contributed by atoms with E-state index in [0.717, 1.165) is 0 Å². The van der Waals surface area contributed by atoms with Crippen LogP contribution in [0.5, 0.6) is 0 Å². The fraction of sp³-hybridized carbons (Fsp3) is 0.385. The van der Waals surface area contributed by atoms with Crippen molar-refractivity contribution in [3.8, 4) is 0 Å². The average molecular weight is 528 g/mol. The Labute approximate surface area is 220 Å². The van der Waals surface area contributed by atoms with Crippen molar-refractivity contribution in [1.82, 2.24) is 10.1 Å². The molecular formula is C26H33N5O7. The van der Waals surface area contributed by atoms with Gasteiger partial charge >= 0.3 is 18.0 Å². The lowest BCUT2D eigenvalue weighted by Crippen LogP contribution is -2.55. The molecule has 2 rings (SSSR count). The maximum Gasteiger partial charge on any atom is 0.340 e. The number of primary amides is 1. The third-order valence-electron chi connectivity index (χ3n) is 5.64. The van der Waals surface area contributed by atoms with Crippen LogP contribution < -0.4 is 16.2 Å². The minimum Gasteiger partial charge on any atom is -0.464 e. The number of nitrogens with one attached hydrogen (secondary N) is 1. The number of aromatic nitrogens is 1. The molecule has 2 amide bonds. The minimum absolute atomic E-state index is 0.0153. The van der Waals surface area contributed by atoms with E-state index < -0.39 is 29.8 Å². The van der Waals surface area contributed by atoms with Crippen LogP contribution >= 0.6 is 0 Å². The van der Waals surface area contributed by atoms with Gasteiger partial charge in [0, 0.05) is 11.3 Å². The highest BCUT2D eigenvalue weighted by Gasteiger charge is 2.37.